The number of hydrogen-bond acceptors (Lipinski definition) is 10. The van der Waals surface area contributed by atoms with E-state index in [0.29, 0.717) is 49.9 Å². The zero-order chi connectivity index (χ0) is 26.0. The molecular formula is C20H23F3N4O8. The van der Waals surface area contributed by atoms with Crippen LogP contribution in [0.5, 0.6) is 11.5 Å². The highest BCUT2D eigenvalue weighted by molar-refractivity contribution is 5.73. The van der Waals surface area contributed by atoms with Crippen molar-refractivity contribution in [3.8, 4) is 11.5 Å². The minimum absolute atomic E-state index is 0.0116. The van der Waals surface area contributed by atoms with Gasteiger partial charge in [0.2, 0.25) is 0 Å². The molecule has 0 spiro atoms. The van der Waals surface area contributed by atoms with Crippen molar-refractivity contribution in [2.24, 2.45) is 0 Å². The number of halogens is 3. The number of anilines is 1. The van der Waals surface area contributed by atoms with Gasteiger partial charge in [0.25, 0.3) is 11.4 Å². The Morgan fingerprint density at radius 3 is 1.69 bits per heavy atom. The molecule has 0 aromatic heterocycles. The van der Waals surface area contributed by atoms with Gasteiger partial charge in [-0.25, -0.2) is 13.2 Å². The van der Waals surface area contributed by atoms with E-state index < -0.39 is 33.0 Å². The summed E-state index contributed by atoms with van der Waals surface area (Å²) >= 11 is 0. The molecular weight excluding hydrogens is 481 g/mol. The van der Waals surface area contributed by atoms with Crippen molar-refractivity contribution in [1.29, 1.82) is 0 Å². The van der Waals surface area contributed by atoms with E-state index in [1.54, 1.807) is 0 Å². The fraction of sp³-hybridized carbons (Fsp3) is 0.400. The Morgan fingerprint density at radius 2 is 1.29 bits per heavy atom. The van der Waals surface area contributed by atoms with Gasteiger partial charge in [-0.1, -0.05) is 0 Å². The normalized spacial score (nSPS) is 13.1. The van der Waals surface area contributed by atoms with Gasteiger partial charge in [0, 0.05) is 13.1 Å². The molecule has 3 N–H and O–H groups in total. The van der Waals surface area contributed by atoms with Crippen LogP contribution in [0.4, 0.5) is 30.2 Å². The van der Waals surface area contributed by atoms with Gasteiger partial charge in [0.1, 0.15) is 18.9 Å². The summed E-state index contributed by atoms with van der Waals surface area (Å²) in [6.07, 6.45) is 0. The number of rotatable bonds is 6. The minimum atomic E-state index is -1.71. The first-order valence-electron chi connectivity index (χ1n) is 10.2. The van der Waals surface area contributed by atoms with E-state index in [0.717, 1.165) is 18.8 Å². The second kappa shape index (κ2) is 13.3. The van der Waals surface area contributed by atoms with Gasteiger partial charge in [0.05, 0.1) is 60.4 Å². The molecule has 192 valence electrons. The van der Waals surface area contributed by atoms with Gasteiger partial charge in [-0.3, -0.25) is 20.2 Å². The molecule has 0 atom stereocenters. The zero-order valence-corrected chi connectivity index (χ0v) is 18.3. The van der Waals surface area contributed by atoms with E-state index in [4.69, 9.17) is 19.7 Å². The maximum absolute atomic E-state index is 12.3. The maximum atomic E-state index is 12.3. The summed E-state index contributed by atoms with van der Waals surface area (Å²) in [5.41, 5.74) is 0.0481. The van der Waals surface area contributed by atoms with Crippen LogP contribution in [0, 0.1) is 37.7 Å². The van der Waals surface area contributed by atoms with Crippen molar-refractivity contribution < 1.29 is 42.7 Å². The summed E-state index contributed by atoms with van der Waals surface area (Å²) in [7, 11) is 0. The first kappa shape index (κ1) is 27.6. The van der Waals surface area contributed by atoms with E-state index in [-0.39, 0.29) is 18.9 Å². The fourth-order valence-electron chi connectivity index (χ4n) is 3.00. The summed E-state index contributed by atoms with van der Waals surface area (Å²) in [5.74, 6) is -3.74. The van der Waals surface area contributed by atoms with E-state index in [9.17, 15) is 33.4 Å². The van der Waals surface area contributed by atoms with Crippen LogP contribution in [0.3, 0.4) is 0 Å². The predicted molar refractivity (Wildman–Crippen MR) is 116 cm³/mol. The first-order valence-corrected chi connectivity index (χ1v) is 10.2. The summed E-state index contributed by atoms with van der Waals surface area (Å²) < 4.78 is 47.6. The lowest BCUT2D eigenvalue weighted by Gasteiger charge is -2.35. The number of nitrogens with one attached hydrogen (secondary N) is 1. The Balaban J connectivity index is 0.000000202. The summed E-state index contributed by atoms with van der Waals surface area (Å²) in [6, 6.07) is 3.55. The van der Waals surface area contributed by atoms with Crippen LogP contribution in [0.2, 0.25) is 0 Å². The van der Waals surface area contributed by atoms with E-state index in [1.165, 1.54) is 12.1 Å². The van der Waals surface area contributed by atoms with Crippen LogP contribution in [-0.2, 0) is 0 Å². The predicted octanol–water partition coefficient (Wildman–Crippen LogP) is 1.76. The highest BCUT2D eigenvalue weighted by Gasteiger charge is 2.29. The molecule has 0 unspecified atom stereocenters. The van der Waals surface area contributed by atoms with Crippen molar-refractivity contribution in [3.05, 3.63) is 61.9 Å². The van der Waals surface area contributed by atoms with Crippen molar-refractivity contribution in [3.63, 3.8) is 0 Å². The molecule has 15 heteroatoms. The molecule has 35 heavy (non-hydrogen) atoms. The summed E-state index contributed by atoms with van der Waals surface area (Å²) in [5, 5.41) is 39.8. The number of ether oxygens (including phenoxy) is 2. The molecule has 0 fully saturated rings. The molecule has 2 heterocycles. The summed E-state index contributed by atoms with van der Waals surface area (Å²) in [4.78, 5) is 21.4. The van der Waals surface area contributed by atoms with E-state index >= 15 is 0 Å². The second-order valence-corrected chi connectivity index (χ2v) is 6.91. The van der Waals surface area contributed by atoms with E-state index in [2.05, 4.69) is 10.2 Å². The smallest absolute Gasteiger partial charge is 0.277 e. The van der Waals surface area contributed by atoms with Crippen LogP contribution in [0.25, 0.3) is 0 Å². The SMILES string of the molecule is O=[N+]([O-])c1cc(F)c(F)c(F)c1.O=[N+]([O-])c1cc2c3c(c1)OCCN3CCO2.OCCNCCO. The topological polar surface area (TPSA) is 160 Å². The minimum Gasteiger partial charge on any atom is -0.489 e. The number of aliphatic hydroxyl groups is 2. The molecule has 12 nitrogen and oxygen atoms in total. The first-order chi connectivity index (χ1) is 16.7. The van der Waals surface area contributed by atoms with Crippen LogP contribution < -0.4 is 19.7 Å². The van der Waals surface area contributed by atoms with Crippen molar-refractivity contribution in [1.82, 2.24) is 5.32 Å². The molecule has 0 saturated heterocycles. The molecule has 2 aliphatic heterocycles. The largest absolute Gasteiger partial charge is 0.489 e. The van der Waals surface area contributed by atoms with Crippen LogP contribution in [-0.4, -0.2) is 72.7 Å². The molecule has 0 saturated carbocycles. The molecule has 0 aliphatic carbocycles. The molecule has 4 rings (SSSR count). The Labute approximate surface area is 196 Å². The number of nitro benzene ring substituents is 2. The summed E-state index contributed by atoms with van der Waals surface area (Å²) in [6.45, 7) is 4.16. The van der Waals surface area contributed by atoms with Gasteiger partial charge >= 0.3 is 0 Å². The molecule has 2 aromatic carbocycles. The monoisotopic (exact) mass is 504 g/mol. The van der Waals surface area contributed by atoms with Gasteiger partial charge in [-0.05, 0) is 0 Å². The number of benzene rings is 2. The quantitative estimate of drug-likeness (QED) is 0.229. The highest BCUT2D eigenvalue weighted by atomic mass is 19.2. The average molecular weight is 504 g/mol. The van der Waals surface area contributed by atoms with Gasteiger partial charge < -0.3 is 29.9 Å². The molecule has 0 radical (unpaired) electrons. The van der Waals surface area contributed by atoms with Crippen LogP contribution >= 0.6 is 0 Å². The Hall–Kier alpha value is -3.69. The number of hydrogen-bond donors (Lipinski definition) is 3. The fourth-order valence-corrected chi connectivity index (χ4v) is 3.00. The Kier molecular flexibility index (Phi) is 10.4. The average Bonchev–Trinajstić information content (AvgIpc) is 2.83. The van der Waals surface area contributed by atoms with E-state index in [1.807, 2.05) is 0 Å². The molecule has 0 bridgehead atoms. The lowest BCUT2D eigenvalue weighted by Crippen LogP contribution is -2.39. The maximum Gasteiger partial charge on any atom is 0.277 e. The third-order valence-electron chi connectivity index (χ3n) is 4.55. The van der Waals surface area contributed by atoms with Crippen LogP contribution in [0.15, 0.2) is 24.3 Å². The molecule has 0 amide bonds. The Bertz CT molecular complexity index is 985. The van der Waals surface area contributed by atoms with Gasteiger partial charge in [-0.2, -0.15) is 0 Å². The lowest BCUT2D eigenvalue weighted by molar-refractivity contribution is -0.385. The third kappa shape index (κ3) is 7.66. The molecule has 2 aromatic rings. The Morgan fingerprint density at radius 1 is 0.857 bits per heavy atom. The third-order valence-corrected chi connectivity index (χ3v) is 4.55. The van der Waals surface area contributed by atoms with Crippen molar-refractivity contribution in [2.75, 3.05) is 57.5 Å². The number of nitrogens with zero attached hydrogens (tertiary/aromatic N) is 3. The van der Waals surface area contributed by atoms with Gasteiger partial charge in [-0.15, -0.1) is 0 Å². The highest BCUT2D eigenvalue weighted by Crippen LogP contribution is 2.44. The second-order valence-electron chi connectivity index (χ2n) is 6.91. The lowest BCUT2D eigenvalue weighted by atomic mass is 10.1. The number of aliphatic hydroxyl groups excluding tert-OH is 2. The van der Waals surface area contributed by atoms with Crippen molar-refractivity contribution in [2.45, 2.75) is 0 Å². The molecule has 2 aliphatic rings. The van der Waals surface area contributed by atoms with Crippen molar-refractivity contribution >= 4 is 17.1 Å². The number of non-ortho nitro benzene ring substituents is 2. The van der Waals surface area contributed by atoms with Crippen LogP contribution in [0.1, 0.15) is 0 Å². The zero-order valence-electron chi connectivity index (χ0n) is 18.3. The standard InChI is InChI=1S/C10H10N2O4.C6H2F3NO2.C4H11NO2/c13-12(14)7-5-8-10-9(6-7)16-4-2-11(10)1-3-15-8;7-4-1-3(10(11)12)2-5(8)6(4)9;6-3-1-5-2-4-7/h5-6H,1-4H2;1-2H;5-7H,1-4H2. The van der Waals surface area contributed by atoms with Gasteiger partial charge in [0.15, 0.2) is 29.0 Å². The number of nitro groups is 2.